The van der Waals surface area contributed by atoms with Crippen LogP contribution in [-0.2, 0) is 9.59 Å². The van der Waals surface area contributed by atoms with Crippen LogP contribution in [0.2, 0.25) is 0 Å². The Morgan fingerprint density at radius 3 is 2.61 bits per heavy atom. The van der Waals surface area contributed by atoms with Gasteiger partial charge in [-0.15, -0.1) is 0 Å². The van der Waals surface area contributed by atoms with E-state index in [1.165, 1.54) is 31.2 Å². The number of non-ortho nitro benzene ring substituents is 1. The van der Waals surface area contributed by atoms with Gasteiger partial charge in [0.1, 0.15) is 0 Å². The maximum atomic E-state index is 11.0. The summed E-state index contributed by atoms with van der Waals surface area (Å²) in [4.78, 5) is 31.4. The fourth-order valence-electron chi connectivity index (χ4n) is 1.26. The second kappa shape index (κ2) is 5.58. The van der Waals surface area contributed by atoms with Crippen molar-refractivity contribution in [3.8, 4) is 0 Å². The lowest BCUT2D eigenvalue weighted by atomic mass is 10.1. The van der Waals surface area contributed by atoms with Crippen molar-refractivity contribution in [3.05, 3.63) is 40.0 Å². The van der Waals surface area contributed by atoms with Gasteiger partial charge in [-0.1, -0.05) is 0 Å². The number of carboxylic acids is 1. The Labute approximate surface area is 102 Å². The number of nitro benzene ring substituents is 1. The lowest BCUT2D eigenvalue weighted by Gasteiger charge is -2.06. The zero-order chi connectivity index (χ0) is 13.7. The molecule has 7 heteroatoms. The number of carbonyl (C=O) groups is 2. The number of carbonyl (C=O) groups excluding carboxylic acids is 1. The third-order valence-electron chi connectivity index (χ3n) is 1.96. The van der Waals surface area contributed by atoms with E-state index >= 15 is 0 Å². The third-order valence-corrected chi connectivity index (χ3v) is 1.96. The molecule has 7 nitrogen and oxygen atoms in total. The van der Waals surface area contributed by atoms with E-state index in [0.717, 1.165) is 6.08 Å². The molecule has 0 saturated heterocycles. The van der Waals surface area contributed by atoms with E-state index in [1.54, 1.807) is 0 Å². The lowest BCUT2D eigenvalue weighted by Crippen LogP contribution is -2.07. The number of nitrogens with zero attached hydrogens (tertiary/aromatic N) is 1. The van der Waals surface area contributed by atoms with Crippen LogP contribution in [0.25, 0.3) is 6.08 Å². The number of amides is 1. The highest BCUT2D eigenvalue weighted by molar-refractivity contribution is 5.93. The highest BCUT2D eigenvalue weighted by atomic mass is 16.6. The smallest absolute Gasteiger partial charge is 0.328 e. The molecule has 1 aromatic rings. The quantitative estimate of drug-likeness (QED) is 0.479. The summed E-state index contributed by atoms with van der Waals surface area (Å²) in [5.41, 5.74) is 0.374. The van der Waals surface area contributed by atoms with Crippen LogP contribution in [0.4, 0.5) is 11.4 Å². The van der Waals surface area contributed by atoms with E-state index in [0.29, 0.717) is 5.56 Å². The van der Waals surface area contributed by atoms with Crippen LogP contribution in [0.5, 0.6) is 0 Å². The molecular formula is C11H10N2O5. The standard InChI is InChI=1S/C11H10N2O5/c1-7(14)12-10-6-9(13(17)18)4-2-8(10)3-5-11(15)16/h2-6H,1H3,(H,12,14)(H,15,16)/b5-3+. The van der Waals surface area contributed by atoms with Crippen molar-refractivity contribution in [1.82, 2.24) is 0 Å². The first-order valence-electron chi connectivity index (χ1n) is 4.87. The molecular weight excluding hydrogens is 240 g/mol. The Hall–Kier alpha value is -2.70. The molecule has 0 radical (unpaired) electrons. The molecule has 0 aromatic heterocycles. The van der Waals surface area contributed by atoms with Crippen LogP contribution < -0.4 is 5.32 Å². The molecule has 1 rings (SSSR count). The molecule has 0 saturated carbocycles. The van der Waals surface area contributed by atoms with E-state index in [9.17, 15) is 19.7 Å². The predicted octanol–water partition coefficient (Wildman–Crippen LogP) is 1.65. The average molecular weight is 250 g/mol. The minimum atomic E-state index is -1.15. The van der Waals surface area contributed by atoms with E-state index in [1.807, 2.05) is 0 Å². The van der Waals surface area contributed by atoms with Crippen LogP contribution in [0.1, 0.15) is 12.5 Å². The monoisotopic (exact) mass is 250 g/mol. The normalized spacial score (nSPS) is 10.3. The van der Waals surface area contributed by atoms with Gasteiger partial charge in [0.2, 0.25) is 5.91 Å². The van der Waals surface area contributed by atoms with Crippen molar-refractivity contribution < 1.29 is 19.6 Å². The van der Waals surface area contributed by atoms with Gasteiger partial charge in [0.25, 0.3) is 5.69 Å². The summed E-state index contributed by atoms with van der Waals surface area (Å²) in [6.45, 7) is 1.25. The molecule has 0 atom stereocenters. The first-order chi connectivity index (χ1) is 8.40. The van der Waals surface area contributed by atoms with Gasteiger partial charge in [-0.3, -0.25) is 14.9 Å². The minimum absolute atomic E-state index is 0.189. The molecule has 0 aliphatic carbocycles. The van der Waals surface area contributed by atoms with Gasteiger partial charge in [0.15, 0.2) is 0 Å². The number of aliphatic carboxylic acids is 1. The number of carboxylic acid groups (broad SMARTS) is 1. The third kappa shape index (κ3) is 3.71. The second-order valence-corrected chi connectivity index (χ2v) is 3.38. The molecule has 0 aliphatic heterocycles. The summed E-state index contributed by atoms with van der Waals surface area (Å²) in [5.74, 6) is -1.55. The van der Waals surface area contributed by atoms with Gasteiger partial charge in [0, 0.05) is 25.1 Å². The SMILES string of the molecule is CC(=O)Nc1cc([N+](=O)[O-])ccc1/C=C/C(=O)O. The maximum absolute atomic E-state index is 11.0. The van der Waals surface area contributed by atoms with Crippen molar-refractivity contribution in [2.75, 3.05) is 5.32 Å². The van der Waals surface area contributed by atoms with Crippen molar-refractivity contribution in [2.24, 2.45) is 0 Å². The molecule has 0 heterocycles. The molecule has 0 bridgehead atoms. The van der Waals surface area contributed by atoms with Crippen LogP contribution in [0, 0.1) is 10.1 Å². The van der Waals surface area contributed by atoms with Crippen molar-refractivity contribution in [2.45, 2.75) is 6.92 Å². The summed E-state index contributed by atoms with van der Waals surface area (Å²) >= 11 is 0. The van der Waals surface area contributed by atoms with E-state index in [-0.39, 0.29) is 11.4 Å². The topological polar surface area (TPSA) is 110 Å². The van der Waals surface area contributed by atoms with Crippen LogP contribution >= 0.6 is 0 Å². The van der Waals surface area contributed by atoms with Gasteiger partial charge in [-0.05, 0) is 17.7 Å². The number of benzene rings is 1. The van der Waals surface area contributed by atoms with Crippen LogP contribution in [0.15, 0.2) is 24.3 Å². The summed E-state index contributed by atoms with van der Waals surface area (Å²) in [6.07, 6.45) is 2.13. The Bertz CT molecular complexity index is 536. The molecule has 1 amide bonds. The first kappa shape index (κ1) is 13.4. The molecule has 0 spiro atoms. The minimum Gasteiger partial charge on any atom is -0.478 e. The molecule has 0 unspecified atom stereocenters. The fourth-order valence-corrected chi connectivity index (χ4v) is 1.26. The van der Waals surface area contributed by atoms with Gasteiger partial charge in [0.05, 0.1) is 10.6 Å². The molecule has 1 aromatic carbocycles. The zero-order valence-electron chi connectivity index (χ0n) is 9.41. The largest absolute Gasteiger partial charge is 0.478 e. The predicted molar refractivity (Wildman–Crippen MR) is 64.1 cm³/mol. The molecule has 18 heavy (non-hydrogen) atoms. The van der Waals surface area contributed by atoms with Gasteiger partial charge in [-0.2, -0.15) is 0 Å². The Balaban J connectivity index is 3.19. The Kier molecular flexibility index (Phi) is 4.14. The molecule has 0 fully saturated rings. The van der Waals surface area contributed by atoms with E-state index in [2.05, 4.69) is 5.32 Å². The van der Waals surface area contributed by atoms with Crippen molar-refractivity contribution >= 4 is 29.3 Å². The van der Waals surface area contributed by atoms with Gasteiger partial charge >= 0.3 is 5.97 Å². The highest BCUT2D eigenvalue weighted by Crippen LogP contribution is 2.23. The number of anilines is 1. The van der Waals surface area contributed by atoms with Gasteiger partial charge in [-0.25, -0.2) is 4.79 Å². The molecule has 2 N–H and O–H groups in total. The maximum Gasteiger partial charge on any atom is 0.328 e. The summed E-state index contributed by atoms with van der Waals surface area (Å²) < 4.78 is 0. The van der Waals surface area contributed by atoms with Crippen LogP contribution in [0.3, 0.4) is 0 Å². The van der Waals surface area contributed by atoms with Crippen LogP contribution in [-0.4, -0.2) is 21.9 Å². The van der Waals surface area contributed by atoms with E-state index in [4.69, 9.17) is 5.11 Å². The Morgan fingerprint density at radius 2 is 2.11 bits per heavy atom. The number of nitrogens with one attached hydrogen (secondary N) is 1. The van der Waals surface area contributed by atoms with Gasteiger partial charge < -0.3 is 10.4 Å². The van der Waals surface area contributed by atoms with Crippen molar-refractivity contribution in [3.63, 3.8) is 0 Å². The first-order valence-corrected chi connectivity index (χ1v) is 4.87. The lowest BCUT2D eigenvalue weighted by molar-refractivity contribution is -0.384. The number of hydrogen-bond acceptors (Lipinski definition) is 4. The summed E-state index contributed by atoms with van der Waals surface area (Å²) in [5, 5.41) is 21.5. The second-order valence-electron chi connectivity index (χ2n) is 3.38. The zero-order valence-corrected chi connectivity index (χ0v) is 9.41. The number of nitro groups is 1. The molecule has 94 valence electrons. The number of rotatable bonds is 4. The highest BCUT2D eigenvalue weighted by Gasteiger charge is 2.10. The van der Waals surface area contributed by atoms with Crippen molar-refractivity contribution in [1.29, 1.82) is 0 Å². The summed E-state index contributed by atoms with van der Waals surface area (Å²) in [7, 11) is 0. The average Bonchev–Trinajstić information content (AvgIpc) is 2.26. The van der Waals surface area contributed by atoms with E-state index < -0.39 is 16.8 Å². The molecule has 0 aliphatic rings. The summed E-state index contributed by atoms with van der Waals surface area (Å²) in [6, 6.07) is 3.76. The Morgan fingerprint density at radius 1 is 1.44 bits per heavy atom. The number of hydrogen-bond donors (Lipinski definition) is 2. The fraction of sp³-hybridized carbons (Fsp3) is 0.0909.